The van der Waals surface area contributed by atoms with Crippen molar-refractivity contribution in [1.29, 1.82) is 0 Å². The molecule has 0 saturated heterocycles. The number of hydrogen-bond acceptors (Lipinski definition) is 3. The maximum Gasteiger partial charge on any atom is 0.348 e. The minimum absolute atomic E-state index is 0.0202. The summed E-state index contributed by atoms with van der Waals surface area (Å²) in [6, 6.07) is 1.84. The third-order valence-electron chi connectivity index (χ3n) is 5.41. The second-order valence-corrected chi connectivity index (χ2v) is 10.2. The Morgan fingerprint density at radius 1 is 1.23 bits per heavy atom. The van der Waals surface area contributed by atoms with Crippen LogP contribution in [-0.2, 0) is 10.2 Å². The number of aromatic carboxylic acids is 1. The minimum Gasteiger partial charge on any atom is -0.477 e. The van der Waals surface area contributed by atoms with Gasteiger partial charge in [-0.25, -0.2) is 4.79 Å². The lowest BCUT2D eigenvalue weighted by atomic mass is 9.75. The van der Waals surface area contributed by atoms with Crippen LogP contribution in [0.4, 0.5) is 5.69 Å². The van der Waals surface area contributed by atoms with Crippen molar-refractivity contribution < 1.29 is 14.7 Å². The molecule has 0 radical (unpaired) electrons. The Hall–Kier alpha value is -1.36. The summed E-state index contributed by atoms with van der Waals surface area (Å²) in [5.41, 5.74) is 0.421. The number of rotatable bonds is 4. The van der Waals surface area contributed by atoms with Gasteiger partial charge in [-0.2, -0.15) is 0 Å². The zero-order valence-electron chi connectivity index (χ0n) is 17.1. The predicted octanol–water partition coefficient (Wildman–Crippen LogP) is 5.56. The van der Waals surface area contributed by atoms with Crippen molar-refractivity contribution in [3.63, 3.8) is 0 Å². The Balaban J connectivity index is 2.45. The van der Waals surface area contributed by atoms with Gasteiger partial charge in [-0.1, -0.05) is 34.6 Å². The van der Waals surface area contributed by atoms with Crippen molar-refractivity contribution in [3.05, 3.63) is 15.8 Å². The first-order valence-corrected chi connectivity index (χ1v) is 10.5. The van der Waals surface area contributed by atoms with E-state index < -0.39 is 5.97 Å². The highest BCUT2D eigenvalue weighted by Crippen LogP contribution is 2.41. The maximum atomic E-state index is 13.4. The fourth-order valence-corrected chi connectivity index (χ4v) is 4.99. The monoisotopic (exact) mass is 379 g/mol. The molecule has 0 aromatic carbocycles. The molecule has 0 aliphatic heterocycles. The third kappa shape index (κ3) is 4.30. The predicted molar refractivity (Wildman–Crippen MR) is 108 cm³/mol. The van der Waals surface area contributed by atoms with E-state index in [1.165, 1.54) is 11.3 Å². The number of amides is 1. The fraction of sp³-hybridized carbons (Fsp3) is 0.714. The molecule has 1 aromatic rings. The van der Waals surface area contributed by atoms with Gasteiger partial charge in [0.2, 0.25) is 5.91 Å². The molecule has 1 aliphatic rings. The molecule has 4 nitrogen and oxygen atoms in total. The Morgan fingerprint density at radius 2 is 1.85 bits per heavy atom. The van der Waals surface area contributed by atoms with E-state index in [9.17, 15) is 14.7 Å². The van der Waals surface area contributed by atoms with Crippen molar-refractivity contribution in [1.82, 2.24) is 0 Å². The molecule has 1 aromatic heterocycles. The number of anilines is 1. The fourth-order valence-electron chi connectivity index (χ4n) is 3.95. The summed E-state index contributed by atoms with van der Waals surface area (Å²) in [7, 11) is 0. The molecule has 5 heteroatoms. The first-order chi connectivity index (χ1) is 11.9. The lowest BCUT2D eigenvalue weighted by Crippen LogP contribution is -2.44. The molecular formula is C21H33NO3S. The largest absolute Gasteiger partial charge is 0.477 e. The van der Waals surface area contributed by atoms with Crippen molar-refractivity contribution in [2.24, 2.45) is 17.8 Å². The number of nitrogens with zero attached hydrogens (tertiary/aromatic N) is 1. The number of carbonyl (C=O) groups excluding carboxylic acids is 1. The molecule has 146 valence electrons. The van der Waals surface area contributed by atoms with Crippen LogP contribution in [0, 0.1) is 17.8 Å². The van der Waals surface area contributed by atoms with E-state index in [-0.39, 0.29) is 28.2 Å². The van der Waals surface area contributed by atoms with Gasteiger partial charge >= 0.3 is 5.97 Å². The van der Waals surface area contributed by atoms with Gasteiger partial charge in [-0.3, -0.25) is 4.79 Å². The van der Waals surface area contributed by atoms with Gasteiger partial charge in [0, 0.05) is 16.8 Å². The summed E-state index contributed by atoms with van der Waals surface area (Å²) in [4.78, 5) is 28.3. The molecule has 2 rings (SSSR count). The van der Waals surface area contributed by atoms with Crippen molar-refractivity contribution >= 4 is 28.9 Å². The smallest absolute Gasteiger partial charge is 0.348 e. The molecule has 3 atom stereocenters. The third-order valence-corrected chi connectivity index (χ3v) is 6.95. The standard InChI is InChI=1S/C21H33NO3S/c1-12(2)22(19(23)15-9-8-13(3)10-14(15)4)16-11-17(21(5,6)7)26-18(16)20(24)25/h11-15H,8-10H2,1-7H3,(H,24,25)/t13-,14-,15-/m1/s1. The quantitative estimate of drug-likeness (QED) is 0.745. The molecule has 1 amide bonds. The summed E-state index contributed by atoms with van der Waals surface area (Å²) < 4.78 is 0. The zero-order chi connectivity index (χ0) is 19.8. The molecule has 0 spiro atoms. The van der Waals surface area contributed by atoms with Crippen molar-refractivity contribution in [3.8, 4) is 0 Å². The summed E-state index contributed by atoms with van der Waals surface area (Å²) in [6.07, 6.45) is 3.02. The highest BCUT2D eigenvalue weighted by Gasteiger charge is 2.37. The van der Waals surface area contributed by atoms with Crippen LogP contribution >= 0.6 is 11.3 Å². The van der Waals surface area contributed by atoms with Crippen LogP contribution < -0.4 is 4.90 Å². The normalized spacial score (nSPS) is 23.9. The van der Waals surface area contributed by atoms with E-state index in [2.05, 4.69) is 34.6 Å². The van der Waals surface area contributed by atoms with Gasteiger partial charge in [0.1, 0.15) is 4.88 Å². The molecule has 1 N–H and O–H groups in total. The molecular weight excluding hydrogens is 346 g/mol. The van der Waals surface area contributed by atoms with Crippen molar-refractivity contribution in [2.75, 3.05) is 4.90 Å². The summed E-state index contributed by atoms with van der Waals surface area (Å²) >= 11 is 1.29. The second-order valence-electron chi connectivity index (χ2n) is 9.18. The van der Waals surface area contributed by atoms with Gasteiger partial charge in [0.25, 0.3) is 0 Å². The highest BCUT2D eigenvalue weighted by atomic mass is 32.1. The molecule has 1 fully saturated rings. The molecule has 1 aliphatic carbocycles. The van der Waals surface area contributed by atoms with Gasteiger partial charge in [0.05, 0.1) is 5.69 Å². The van der Waals surface area contributed by atoms with Crippen LogP contribution in [0.5, 0.6) is 0 Å². The van der Waals surface area contributed by atoms with Crippen LogP contribution in [0.1, 0.15) is 82.3 Å². The van der Waals surface area contributed by atoms with E-state index in [1.807, 2.05) is 19.9 Å². The lowest BCUT2D eigenvalue weighted by Gasteiger charge is -2.37. The van der Waals surface area contributed by atoms with Crippen molar-refractivity contribution in [2.45, 2.75) is 79.2 Å². The van der Waals surface area contributed by atoms with Crippen LogP contribution in [-0.4, -0.2) is 23.0 Å². The molecule has 1 heterocycles. The van der Waals surface area contributed by atoms with E-state index in [0.29, 0.717) is 17.5 Å². The van der Waals surface area contributed by atoms with Crippen LogP contribution in [0.3, 0.4) is 0 Å². The highest BCUT2D eigenvalue weighted by molar-refractivity contribution is 7.14. The Morgan fingerprint density at radius 3 is 2.31 bits per heavy atom. The van der Waals surface area contributed by atoms with E-state index in [4.69, 9.17) is 0 Å². The number of thiophene rings is 1. The summed E-state index contributed by atoms with van der Waals surface area (Å²) in [5, 5.41) is 9.73. The summed E-state index contributed by atoms with van der Waals surface area (Å²) in [5.74, 6) is 0.101. The zero-order valence-corrected chi connectivity index (χ0v) is 17.9. The number of carboxylic acids is 1. The van der Waals surface area contributed by atoms with Gasteiger partial charge < -0.3 is 10.0 Å². The van der Waals surface area contributed by atoms with Crippen LogP contribution in [0.2, 0.25) is 0 Å². The van der Waals surface area contributed by atoms with Gasteiger partial charge in [-0.05, 0) is 56.4 Å². The number of carbonyl (C=O) groups is 2. The van der Waals surface area contributed by atoms with Crippen LogP contribution in [0.15, 0.2) is 6.07 Å². The topological polar surface area (TPSA) is 57.6 Å². The van der Waals surface area contributed by atoms with E-state index in [1.54, 1.807) is 4.90 Å². The second kappa shape index (κ2) is 7.71. The Bertz CT molecular complexity index is 671. The van der Waals surface area contributed by atoms with E-state index in [0.717, 1.165) is 24.1 Å². The number of hydrogen-bond donors (Lipinski definition) is 1. The molecule has 0 unspecified atom stereocenters. The average molecular weight is 380 g/mol. The average Bonchev–Trinajstić information content (AvgIpc) is 2.91. The molecule has 26 heavy (non-hydrogen) atoms. The maximum absolute atomic E-state index is 13.4. The van der Waals surface area contributed by atoms with Crippen LogP contribution in [0.25, 0.3) is 0 Å². The minimum atomic E-state index is -0.954. The SMILES string of the molecule is CC(C)N(C(=O)[C@@H]1CC[C@@H](C)C[C@H]1C)c1cc(C(C)(C)C)sc1C(=O)O. The first-order valence-electron chi connectivity index (χ1n) is 9.64. The summed E-state index contributed by atoms with van der Waals surface area (Å²) in [6.45, 7) is 14.5. The first kappa shape index (κ1) is 20.9. The molecule has 0 bridgehead atoms. The van der Waals surface area contributed by atoms with Gasteiger partial charge in [-0.15, -0.1) is 11.3 Å². The molecule has 1 saturated carbocycles. The number of carboxylic acid groups (broad SMARTS) is 1. The van der Waals surface area contributed by atoms with E-state index >= 15 is 0 Å². The lowest BCUT2D eigenvalue weighted by molar-refractivity contribution is -0.125. The van der Waals surface area contributed by atoms with Gasteiger partial charge in [0.15, 0.2) is 0 Å². The Labute approximate surface area is 161 Å². The Kier molecular flexibility index (Phi) is 6.21.